The lowest BCUT2D eigenvalue weighted by Crippen LogP contribution is -2.42. The number of hydrogen-bond acceptors (Lipinski definition) is 4. The lowest BCUT2D eigenvalue weighted by molar-refractivity contribution is -0.135. The maximum Gasteiger partial charge on any atom is 0.223 e. The first-order valence-corrected chi connectivity index (χ1v) is 12.0. The number of morpholine rings is 1. The Bertz CT molecular complexity index is 928. The van der Waals surface area contributed by atoms with Gasteiger partial charge in [-0.25, -0.2) is 0 Å². The molecule has 0 unspecified atom stereocenters. The van der Waals surface area contributed by atoms with Crippen molar-refractivity contribution in [1.29, 1.82) is 0 Å². The second-order valence-electron chi connectivity index (χ2n) is 9.59. The molecule has 5 rings (SSSR count). The number of nitrogens with zero attached hydrogens (tertiary/aromatic N) is 2. The Morgan fingerprint density at radius 2 is 1.75 bits per heavy atom. The van der Waals surface area contributed by atoms with Crippen molar-refractivity contribution in [2.45, 2.75) is 43.6 Å². The van der Waals surface area contributed by atoms with E-state index >= 15 is 0 Å². The van der Waals surface area contributed by atoms with Crippen molar-refractivity contribution in [2.24, 2.45) is 0 Å². The van der Waals surface area contributed by atoms with Crippen LogP contribution in [0.1, 0.15) is 48.3 Å². The number of rotatable bonds is 5. The van der Waals surface area contributed by atoms with Gasteiger partial charge in [0.25, 0.3) is 0 Å². The molecule has 0 saturated carbocycles. The number of piperidine rings is 1. The van der Waals surface area contributed by atoms with Gasteiger partial charge in [0.15, 0.2) is 0 Å². The summed E-state index contributed by atoms with van der Waals surface area (Å²) in [5.41, 5.74) is 4.48. The molecule has 0 N–H and O–H groups in total. The molecule has 5 nitrogen and oxygen atoms in total. The number of amides is 1. The first-order chi connectivity index (χ1) is 15.7. The van der Waals surface area contributed by atoms with Gasteiger partial charge in [0.05, 0.1) is 20.3 Å². The van der Waals surface area contributed by atoms with E-state index in [0.717, 1.165) is 44.9 Å². The predicted octanol–water partition coefficient (Wildman–Crippen LogP) is 3.97. The summed E-state index contributed by atoms with van der Waals surface area (Å²) in [6.45, 7) is 5.99. The van der Waals surface area contributed by atoms with Crippen molar-refractivity contribution >= 4 is 5.91 Å². The fourth-order valence-corrected chi connectivity index (χ4v) is 5.96. The van der Waals surface area contributed by atoms with Gasteiger partial charge in [0.2, 0.25) is 5.91 Å². The molecule has 0 radical (unpaired) electrons. The molecule has 3 aliphatic rings. The van der Waals surface area contributed by atoms with E-state index in [9.17, 15) is 4.79 Å². The molecule has 32 heavy (non-hydrogen) atoms. The lowest BCUT2D eigenvalue weighted by Gasteiger charge is -2.40. The lowest BCUT2D eigenvalue weighted by atomic mass is 9.73. The number of carbonyl (C=O) groups excluding carboxylic acids is 1. The molecule has 2 heterocycles. The molecule has 2 fully saturated rings. The Morgan fingerprint density at radius 3 is 2.47 bits per heavy atom. The van der Waals surface area contributed by atoms with Crippen LogP contribution in [0.15, 0.2) is 48.5 Å². The van der Waals surface area contributed by atoms with Crippen molar-refractivity contribution in [2.75, 3.05) is 46.5 Å². The summed E-state index contributed by atoms with van der Waals surface area (Å²) >= 11 is 0. The summed E-state index contributed by atoms with van der Waals surface area (Å²) in [5.74, 6) is 1.54. The molecule has 1 atom stereocenters. The molecule has 5 heteroatoms. The monoisotopic (exact) mass is 434 g/mol. The van der Waals surface area contributed by atoms with E-state index in [0.29, 0.717) is 31.5 Å². The van der Waals surface area contributed by atoms with Crippen LogP contribution in [-0.2, 0) is 21.5 Å². The molecule has 1 spiro atoms. The van der Waals surface area contributed by atoms with Crippen LogP contribution in [-0.4, -0.2) is 62.2 Å². The third kappa shape index (κ3) is 4.28. The zero-order chi connectivity index (χ0) is 22.0. The highest BCUT2D eigenvalue weighted by molar-refractivity contribution is 5.77. The predicted molar refractivity (Wildman–Crippen MR) is 125 cm³/mol. The summed E-state index contributed by atoms with van der Waals surface area (Å²) in [4.78, 5) is 17.6. The summed E-state index contributed by atoms with van der Waals surface area (Å²) in [6, 6.07) is 17.3. The van der Waals surface area contributed by atoms with E-state index in [1.165, 1.54) is 29.5 Å². The Kier molecular flexibility index (Phi) is 6.20. The maximum absolute atomic E-state index is 13.0. The molecule has 1 amide bonds. The largest absolute Gasteiger partial charge is 0.497 e. The van der Waals surface area contributed by atoms with Crippen LogP contribution in [0.5, 0.6) is 5.75 Å². The standard InChI is InChI=1S/C27H34N2O3/c1-31-23-8-6-21(7-9-23)20-28-12-10-27(11-13-28)19-22(24-4-2-3-5-25(24)27)18-26(30)29-14-16-32-17-15-29/h2-9,22H,10-20H2,1H3/t22-/m0/s1. The van der Waals surface area contributed by atoms with Crippen LogP contribution < -0.4 is 4.74 Å². The molecule has 0 bridgehead atoms. The molecule has 0 aromatic heterocycles. The van der Waals surface area contributed by atoms with Gasteiger partial charge < -0.3 is 14.4 Å². The molecule has 170 valence electrons. The van der Waals surface area contributed by atoms with E-state index in [-0.39, 0.29) is 5.41 Å². The summed E-state index contributed by atoms with van der Waals surface area (Å²) < 4.78 is 10.7. The minimum Gasteiger partial charge on any atom is -0.497 e. The first kappa shape index (κ1) is 21.5. The number of methoxy groups -OCH3 is 1. The number of carbonyl (C=O) groups is 1. The van der Waals surface area contributed by atoms with E-state index in [1.807, 2.05) is 17.0 Å². The van der Waals surface area contributed by atoms with Crippen LogP contribution in [0.3, 0.4) is 0 Å². The van der Waals surface area contributed by atoms with Gasteiger partial charge in [-0.3, -0.25) is 9.69 Å². The van der Waals surface area contributed by atoms with Gasteiger partial charge in [0, 0.05) is 26.1 Å². The molecular weight excluding hydrogens is 400 g/mol. The highest BCUT2D eigenvalue weighted by Gasteiger charge is 2.45. The minimum absolute atomic E-state index is 0.225. The summed E-state index contributed by atoms with van der Waals surface area (Å²) in [7, 11) is 1.71. The normalized spacial score (nSPS) is 22.7. The zero-order valence-electron chi connectivity index (χ0n) is 19.1. The molecule has 1 aliphatic carbocycles. The summed E-state index contributed by atoms with van der Waals surface area (Å²) in [6.07, 6.45) is 4.08. The average Bonchev–Trinajstić information content (AvgIpc) is 3.14. The SMILES string of the molecule is COc1ccc(CN2CCC3(CC2)C[C@H](CC(=O)N2CCOCC2)c2ccccc23)cc1. The quantitative estimate of drug-likeness (QED) is 0.714. The van der Waals surface area contributed by atoms with Gasteiger partial charge in [0.1, 0.15) is 5.75 Å². The molecule has 2 aromatic rings. The van der Waals surface area contributed by atoms with E-state index in [2.05, 4.69) is 41.3 Å². The van der Waals surface area contributed by atoms with Crippen molar-refractivity contribution in [3.63, 3.8) is 0 Å². The van der Waals surface area contributed by atoms with E-state index in [1.54, 1.807) is 7.11 Å². The van der Waals surface area contributed by atoms with Crippen LogP contribution in [0.25, 0.3) is 0 Å². The topological polar surface area (TPSA) is 42.0 Å². The second kappa shape index (κ2) is 9.24. The molecule has 2 aromatic carbocycles. The minimum atomic E-state index is 0.225. The van der Waals surface area contributed by atoms with Crippen molar-refractivity contribution in [1.82, 2.24) is 9.80 Å². The van der Waals surface area contributed by atoms with E-state index in [4.69, 9.17) is 9.47 Å². The van der Waals surface area contributed by atoms with Gasteiger partial charge in [-0.1, -0.05) is 36.4 Å². The Labute approximate surface area is 191 Å². The average molecular weight is 435 g/mol. The Morgan fingerprint density at radius 1 is 1.03 bits per heavy atom. The highest BCUT2D eigenvalue weighted by atomic mass is 16.5. The van der Waals surface area contributed by atoms with Crippen molar-refractivity contribution < 1.29 is 14.3 Å². The van der Waals surface area contributed by atoms with Crippen LogP contribution in [0.2, 0.25) is 0 Å². The third-order valence-corrected chi connectivity index (χ3v) is 7.77. The van der Waals surface area contributed by atoms with Crippen LogP contribution in [0, 0.1) is 0 Å². The van der Waals surface area contributed by atoms with Gasteiger partial charge in [-0.2, -0.15) is 0 Å². The van der Waals surface area contributed by atoms with Gasteiger partial charge >= 0.3 is 0 Å². The number of hydrogen-bond donors (Lipinski definition) is 0. The van der Waals surface area contributed by atoms with E-state index < -0.39 is 0 Å². The van der Waals surface area contributed by atoms with Crippen LogP contribution in [0.4, 0.5) is 0 Å². The zero-order valence-corrected chi connectivity index (χ0v) is 19.1. The number of likely N-dealkylation sites (tertiary alicyclic amines) is 1. The molecule has 2 saturated heterocycles. The number of fused-ring (bicyclic) bond motifs is 2. The smallest absolute Gasteiger partial charge is 0.223 e. The third-order valence-electron chi connectivity index (χ3n) is 7.77. The number of ether oxygens (including phenoxy) is 2. The van der Waals surface area contributed by atoms with Crippen molar-refractivity contribution in [3.05, 3.63) is 65.2 Å². The molecule has 2 aliphatic heterocycles. The maximum atomic E-state index is 13.0. The van der Waals surface area contributed by atoms with Crippen LogP contribution >= 0.6 is 0 Å². The molecular formula is C27H34N2O3. The summed E-state index contributed by atoms with van der Waals surface area (Å²) in [5, 5.41) is 0. The highest BCUT2D eigenvalue weighted by Crippen LogP contribution is 2.52. The first-order valence-electron chi connectivity index (χ1n) is 12.0. The van der Waals surface area contributed by atoms with Gasteiger partial charge in [-0.05, 0) is 72.5 Å². The second-order valence-corrected chi connectivity index (χ2v) is 9.59. The van der Waals surface area contributed by atoms with Crippen molar-refractivity contribution in [3.8, 4) is 5.75 Å². The fourth-order valence-electron chi connectivity index (χ4n) is 5.96. The van der Waals surface area contributed by atoms with Gasteiger partial charge in [-0.15, -0.1) is 0 Å². The Balaban J connectivity index is 1.25. The Hall–Kier alpha value is -2.37. The fraction of sp³-hybridized carbons (Fsp3) is 0.519. The number of benzene rings is 2.